The van der Waals surface area contributed by atoms with Gasteiger partial charge in [0.05, 0.1) is 12.1 Å². The van der Waals surface area contributed by atoms with Gasteiger partial charge in [0.1, 0.15) is 11.7 Å². The van der Waals surface area contributed by atoms with E-state index in [0.29, 0.717) is 24.1 Å². The van der Waals surface area contributed by atoms with Gasteiger partial charge in [0, 0.05) is 17.9 Å². The standard InChI is InChI=1S/C19H21NO3S/c1-24-16-10-6-5-9-15(16)18(22)20-12-11-19(23,17(21)13-20)14-7-3-2-4-8-14/h2-10,17,21,23H,11-13H2,1H3/t17-,19-/m0/s1. The van der Waals surface area contributed by atoms with Crippen molar-refractivity contribution in [3.63, 3.8) is 0 Å². The van der Waals surface area contributed by atoms with Crippen molar-refractivity contribution in [3.05, 3.63) is 65.7 Å². The predicted octanol–water partition coefficient (Wildman–Crippen LogP) is 2.50. The minimum atomic E-state index is -1.31. The number of hydrogen-bond donors (Lipinski definition) is 2. The van der Waals surface area contributed by atoms with E-state index in [9.17, 15) is 15.0 Å². The Bertz CT molecular complexity index is 722. The summed E-state index contributed by atoms with van der Waals surface area (Å²) in [5.74, 6) is -0.103. The number of carbonyl (C=O) groups excluding carboxylic acids is 1. The molecule has 0 spiro atoms. The van der Waals surface area contributed by atoms with Crippen molar-refractivity contribution in [3.8, 4) is 0 Å². The molecule has 1 aliphatic rings. The number of thioether (sulfide) groups is 1. The topological polar surface area (TPSA) is 60.8 Å². The number of nitrogens with zero attached hydrogens (tertiary/aromatic N) is 1. The molecule has 1 aliphatic heterocycles. The fourth-order valence-electron chi connectivity index (χ4n) is 3.16. The van der Waals surface area contributed by atoms with Gasteiger partial charge in [-0.2, -0.15) is 0 Å². The lowest BCUT2D eigenvalue weighted by molar-refractivity contribution is -0.118. The van der Waals surface area contributed by atoms with Gasteiger partial charge in [-0.15, -0.1) is 11.8 Å². The van der Waals surface area contributed by atoms with E-state index in [-0.39, 0.29) is 12.5 Å². The summed E-state index contributed by atoms with van der Waals surface area (Å²) in [6.45, 7) is 0.525. The number of rotatable bonds is 3. The van der Waals surface area contributed by atoms with Crippen LogP contribution in [-0.2, 0) is 5.60 Å². The van der Waals surface area contributed by atoms with E-state index in [0.717, 1.165) is 4.90 Å². The first-order valence-electron chi connectivity index (χ1n) is 7.94. The number of aliphatic hydroxyl groups excluding tert-OH is 1. The highest BCUT2D eigenvalue weighted by atomic mass is 32.2. The summed E-state index contributed by atoms with van der Waals surface area (Å²) in [5, 5.41) is 21.4. The summed E-state index contributed by atoms with van der Waals surface area (Å²) >= 11 is 1.53. The van der Waals surface area contributed by atoms with Crippen molar-refractivity contribution in [1.29, 1.82) is 0 Å². The molecule has 2 N–H and O–H groups in total. The van der Waals surface area contributed by atoms with Gasteiger partial charge in [0.2, 0.25) is 0 Å². The summed E-state index contributed by atoms with van der Waals surface area (Å²) in [6.07, 6.45) is 1.23. The van der Waals surface area contributed by atoms with Gasteiger partial charge in [0.25, 0.3) is 5.91 Å². The summed E-state index contributed by atoms with van der Waals surface area (Å²) in [4.78, 5) is 15.3. The number of benzene rings is 2. The van der Waals surface area contributed by atoms with Crippen LogP contribution in [0, 0.1) is 0 Å². The summed E-state index contributed by atoms with van der Waals surface area (Å²) < 4.78 is 0. The van der Waals surface area contributed by atoms with Crippen LogP contribution in [0.1, 0.15) is 22.3 Å². The Morgan fingerprint density at radius 2 is 1.83 bits per heavy atom. The third-order valence-electron chi connectivity index (χ3n) is 4.61. The number of aliphatic hydroxyl groups is 2. The molecule has 0 aliphatic carbocycles. The van der Waals surface area contributed by atoms with Crippen molar-refractivity contribution in [2.24, 2.45) is 0 Å². The molecule has 1 fully saturated rings. The summed E-state index contributed by atoms with van der Waals surface area (Å²) in [6, 6.07) is 16.6. The molecule has 0 saturated carbocycles. The molecule has 1 saturated heterocycles. The molecule has 0 aromatic heterocycles. The smallest absolute Gasteiger partial charge is 0.255 e. The molecule has 3 rings (SSSR count). The Balaban J connectivity index is 1.79. The average molecular weight is 343 g/mol. The Kier molecular flexibility index (Phi) is 4.94. The van der Waals surface area contributed by atoms with Crippen LogP contribution in [0.3, 0.4) is 0 Å². The molecule has 1 heterocycles. The molecule has 2 aromatic carbocycles. The van der Waals surface area contributed by atoms with Crippen LogP contribution in [-0.4, -0.2) is 46.5 Å². The molecular weight excluding hydrogens is 322 g/mol. The minimum Gasteiger partial charge on any atom is -0.388 e. The molecular formula is C19H21NO3S. The van der Waals surface area contributed by atoms with E-state index in [1.807, 2.05) is 54.8 Å². The lowest BCUT2D eigenvalue weighted by Gasteiger charge is -2.42. The number of carbonyl (C=O) groups is 1. The molecule has 1 amide bonds. The Labute approximate surface area is 146 Å². The molecule has 0 bridgehead atoms. The van der Waals surface area contributed by atoms with Gasteiger partial charge in [-0.1, -0.05) is 42.5 Å². The molecule has 0 radical (unpaired) electrons. The maximum absolute atomic E-state index is 12.8. The summed E-state index contributed by atoms with van der Waals surface area (Å²) in [5.41, 5.74) is 0.0216. The van der Waals surface area contributed by atoms with Gasteiger partial charge in [-0.25, -0.2) is 0 Å². The number of hydrogen-bond acceptors (Lipinski definition) is 4. The Morgan fingerprint density at radius 3 is 2.50 bits per heavy atom. The van der Waals surface area contributed by atoms with E-state index >= 15 is 0 Å². The minimum absolute atomic E-state index is 0.103. The molecule has 4 nitrogen and oxygen atoms in total. The second-order valence-electron chi connectivity index (χ2n) is 6.01. The third kappa shape index (κ3) is 3.07. The predicted molar refractivity (Wildman–Crippen MR) is 95.1 cm³/mol. The first-order valence-corrected chi connectivity index (χ1v) is 9.17. The van der Waals surface area contributed by atoms with Gasteiger partial charge in [0.15, 0.2) is 0 Å². The molecule has 126 valence electrons. The maximum atomic E-state index is 12.8. The number of likely N-dealkylation sites (tertiary alicyclic amines) is 1. The van der Waals surface area contributed by atoms with Gasteiger partial charge in [-0.05, 0) is 24.0 Å². The Hall–Kier alpha value is -1.82. The Morgan fingerprint density at radius 1 is 1.17 bits per heavy atom. The monoisotopic (exact) mass is 343 g/mol. The van der Waals surface area contributed by atoms with E-state index in [4.69, 9.17) is 0 Å². The van der Waals surface area contributed by atoms with Crippen molar-refractivity contribution >= 4 is 17.7 Å². The van der Waals surface area contributed by atoms with Crippen molar-refractivity contribution in [1.82, 2.24) is 4.90 Å². The highest BCUT2D eigenvalue weighted by Crippen LogP contribution is 2.34. The molecule has 5 heteroatoms. The van der Waals surface area contributed by atoms with Gasteiger partial charge >= 0.3 is 0 Å². The zero-order chi connectivity index (χ0) is 17.2. The highest BCUT2D eigenvalue weighted by molar-refractivity contribution is 7.98. The summed E-state index contributed by atoms with van der Waals surface area (Å²) in [7, 11) is 0. The normalized spacial score (nSPS) is 24.0. The van der Waals surface area contributed by atoms with Crippen LogP contribution >= 0.6 is 11.8 Å². The first kappa shape index (κ1) is 17.0. The molecule has 2 aromatic rings. The maximum Gasteiger partial charge on any atom is 0.255 e. The van der Waals surface area contributed by atoms with Crippen LogP contribution in [0.15, 0.2) is 59.5 Å². The lowest BCUT2D eigenvalue weighted by Crippen LogP contribution is -2.55. The van der Waals surface area contributed by atoms with Crippen molar-refractivity contribution in [2.45, 2.75) is 23.0 Å². The lowest BCUT2D eigenvalue weighted by atomic mass is 9.82. The molecule has 2 atom stereocenters. The number of amides is 1. The van der Waals surface area contributed by atoms with Crippen LogP contribution in [0.2, 0.25) is 0 Å². The van der Waals surface area contributed by atoms with Crippen molar-refractivity contribution < 1.29 is 15.0 Å². The second-order valence-corrected chi connectivity index (χ2v) is 6.86. The van der Waals surface area contributed by atoms with E-state index in [2.05, 4.69) is 0 Å². The zero-order valence-corrected chi connectivity index (χ0v) is 14.4. The third-order valence-corrected chi connectivity index (χ3v) is 5.40. The van der Waals surface area contributed by atoms with E-state index in [1.54, 1.807) is 11.0 Å². The van der Waals surface area contributed by atoms with Crippen LogP contribution in [0.5, 0.6) is 0 Å². The second kappa shape index (κ2) is 6.97. The first-order chi connectivity index (χ1) is 11.6. The van der Waals surface area contributed by atoms with E-state index < -0.39 is 11.7 Å². The largest absolute Gasteiger partial charge is 0.388 e. The fraction of sp³-hybridized carbons (Fsp3) is 0.316. The fourth-order valence-corrected chi connectivity index (χ4v) is 3.75. The van der Waals surface area contributed by atoms with Gasteiger partial charge < -0.3 is 15.1 Å². The zero-order valence-electron chi connectivity index (χ0n) is 13.6. The number of piperidine rings is 1. The van der Waals surface area contributed by atoms with Crippen LogP contribution in [0.4, 0.5) is 0 Å². The quantitative estimate of drug-likeness (QED) is 0.841. The van der Waals surface area contributed by atoms with Crippen molar-refractivity contribution in [2.75, 3.05) is 19.3 Å². The SMILES string of the molecule is CSc1ccccc1C(=O)N1CC[C@](O)(c2ccccc2)[C@@H](O)C1. The molecule has 24 heavy (non-hydrogen) atoms. The van der Waals surface area contributed by atoms with E-state index in [1.165, 1.54) is 11.8 Å². The highest BCUT2D eigenvalue weighted by Gasteiger charge is 2.43. The molecule has 0 unspecified atom stereocenters. The average Bonchev–Trinajstić information content (AvgIpc) is 2.64. The number of β-amino-alcohol motifs (C(OH)–C–C–N with tert-alkyl or cyclic N) is 1. The van der Waals surface area contributed by atoms with Gasteiger partial charge in [-0.3, -0.25) is 4.79 Å². The van der Waals surface area contributed by atoms with Crippen LogP contribution < -0.4 is 0 Å². The van der Waals surface area contributed by atoms with Crippen LogP contribution in [0.25, 0.3) is 0 Å².